The van der Waals surface area contributed by atoms with E-state index in [0.29, 0.717) is 0 Å². The van der Waals surface area contributed by atoms with Crippen LogP contribution in [0.25, 0.3) is 0 Å². The smallest absolute Gasteiger partial charge is 0.334 e. The van der Waals surface area contributed by atoms with E-state index in [-0.39, 0.29) is 11.2 Å². The zero-order chi connectivity index (χ0) is 12.9. The molecule has 0 radical (unpaired) electrons. The molecule has 0 amide bonds. The molecule has 1 rings (SSSR count). The normalized spacial score (nSPS) is 19.8. The molecular formula is C13H20O4. The van der Waals surface area contributed by atoms with Crippen molar-refractivity contribution in [2.75, 3.05) is 0 Å². The molecule has 0 saturated heterocycles. The van der Waals surface area contributed by atoms with E-state index in [1.165, 1.54) is 13.3 Å². The summed E-state index contributed by atoms with van der Waals surface area (Å²) < 4.78 is 5.52. The van der Waals surface area contributed by atoms with E-state index in [4.69, 9.17) is 9.84 Å². The standard InChI is InChI=1S/C13H20O4/c1-3-13(7-5-4-6-8-13)17-12(16)10(2)9-11(14)15/h9H,3-8H2,1-2H3,(H,14,15). The number of esters is 1. The second-order valence-corrected chi connectivity index (χ2v) is 4.65. The molecule has 4 nitrogen and oxygen atoms in total. The van der Waals surface area contributed by atoms with Crippen molar-refractivity contribution in [1.82, 2.24) is 0 Å². The van der Waals surface area contributed by atoms with Crippen LogP contribution in [-0.4, -0.2) is 22.6 Å². The van der Waals surface area contributed by atoms with Gasteiger partial charge in [0.15, 0.2) is 0 Å². The van der Waals surface area contributed by atoms with Crippen LogP contribution in [-0.2, 0) is 14.3 Å². The Labute approximate surface area is 102 Å². The Hall–Kier alpha value is -1.32. The van der Waals surface area contributed by atoms with Gasteiger partial charge in [0.1, 0.15) is 5.60 Å². The Balaban J connectivity index is 2.68. The maximum absolute atomic E-state index is 11.8. The lowest BCUT2D eigenvalue weighted by Crippen LogP contribution is -2.36. The van der Waals surface area contributed by atoms with Crippen LogP contribution in [0.2, 0.25) is 0 Å². The number of carboxylic acids is 1. The van der Waals surface area contributed by atoms with E-state index in [0.717, 1.165) is 38.2 Å². The average molecular weight is 240 g/mol. The predicted molar refractivity (Wildman–Crippen MR) is 63.6 cm³/mol. The second-order valence-electron chi connectivity index (χ2n) is 4.65. The quantitative estimate of drug-likeness (QED) is 0.606. The predicted octanol–water partition coefficient (Wildman–Crippen LogP) is 2.67. The van der Waals surface area contributed by atoms with Crippen molar-refractivity contribution in [3.05, 3.63) is 11.6 Å². The number of rotatable bonds is 4. The van der Waals surface area contributed by atoms with Crippen LogP contribution in [0, 0.1) is 0 Å². The SMILES string of the molecule is CCC1(OC(=O)C(C)=CC(=O)O)CCCCC1. The van der Waals surface area contributed by atoms with E-state index in [1.807, 2.05) is 6.92 Å². The molecule has 0 atom stereocenters. The molecule has 96 valence electrons. The van der Waals surface area contributed by atoms with Crippen LogP contribution in [0.3, 0.4) is 0 Å². The van der Waals surface area contributed by atoms with Crippen molar-refractivity contribution in [2.45, 2.75) is 58.0 Å². The van der Waals surface area contributed by atoms with Gasteiger partial charge in [-0.25, -0.2) is 9.59 Å². The van der Waals surface area contributed by atoms with Gasteiger partial charge in [-0.2, -0.15) is 0 Å². The Kier molecular flexibility index (Phi) is 4.73. The van der Waals surface area contributed by atoms with Gasteiger partial charge in [-0.1, -0.05) is 13.3 Å². The van der Waals surface area contributed by atoms with Crippen molar-refractivity contribution >= 4 is 11.9 Å². The van der Waals surface area contributed by atoms with Crippen molar-refractivity contribution in [3.63, 3.8) is 0 Å². The zero-order valence-electron chi connectivity index (χ0n) is 10.5. The summed E-state index contributed by atoms with van der Waals surface area (Å²) in [6.07, 6.45) is 6.79. The highest BCUT2D eigenvalue weighted by molar-refractivity contribution is 5.95. The minimum Gasteiger partial charge on any atom is -0.478 e. The third-order valence-corrected chi connectivity index (χ3v) is 3.38. The lowest BCUT2D eigenvalue weighted by molar-refractivity contribution is -0.159. The van der Waals surface area contributed by atoms with Crippen LogP contribution in [0.1, 0.15) is 52.4 Å². The molecule has 0 bridgehead atoms. The first-order chi connectivity index (χ1) is 7.99. The lowest BCUT2D eigenvalue weighted by Gasteiger charge is -2.36. The second kappa shape index (κ2) is 5.84. The summed E-state index contributed by atoms with van der Waals surface area (Å²) in [5.74, 6) is -1.62. The first kappa shape index (κ1) is 13.7. The Bertz CT molecular complexity index is 324. The van der Waals surface area contributed by atoms with Crippen molar-refractivity contribution in [2.24, 2.45) is 0 Å². The summed E-state index contributed by atoms with van der Waals surface area (Å²) in [7, 11) is 0. The molecule has 1 saturated carbocycles. The molecule has 0 aromatic rings. The number of carbonyl (C=O) groups is 2. The molecule has 0 spiro atoms. The highest BCUT2D eigenvalue weighted by Crippen LogP contribution is 2.34. The summed E-state index contributed by atoms with van der Waals surface area (Å²) in [5.41, 5.74) is -0.223. The van der Waals surface area contributed by atoms with Gasteiger partial charge in [0, 0.05) is 11.6 Å². The number of ether oxygens (including phenoxy) is 1. The fourth-order valence-corrected chi connectivity index (χ4v) is 2.25. The highest BCUT2D eigenvalue weighted by atomic mass is 16.6. The monoisotopic (exact) mass is 240 g/mol. The molecule has 0 aliphatic heterocycles. The molecule has 1 aliphatic rings. The van der Waals surface area contributed by atoms with Gasteiger partial charge in [-0.05, 0) is 39.0 Å². The lowest BCUT2D eigenvalue weighted by atomic mass is 9.82. The first-order valence-corrected chi connectivity index (χ1v) is 6.14. The molecule has 1 aliphatic carbocycles. The number of hydrogen-bond donors (Lipinski definition) is 1. The largest absolute Gasteiger partial charge is 0.478 e. The number of aliphatic carboxylic acids is 1. The van der Waals surface area contributed by atoms with E-state index in [1.54, 1.807) is 0 Å². The van der Waals surface area contributed by atoms with E-state index >= 15 is 0 Å². The van der Waals surface area contributed by atoms with Crippen LogP contribution in [0.15, 0.2) is 11.6 Å². The van der Waals surface area contributed by atoms with E-state index in [9.17, 15) is 9.59 Å². The van der Waals surface area contributed by atoms with Crippen molar-refractivity contribution < 1.29 is 19.4 Å². The molecule has 4 heteroatoms. The third kappa shape index (κ3) is 3.88. The van der Waals surface area contributed by atoms with Crippen molar-refractivity contribution in [3.8, 4) is 0 Å². The van der Waals surface area contributed by atoms with Gasteiger partial charge in [-0.3, -0.25) is 0 Å². The maximum Gasteiger partial charge on any atom is 0.334 e. The van der Waals surface area contributed by atoms with Gasteiger partial charge >= 0.3 is 11.9 Å². The van der Waals surface area contributed by atoms with Crippen LogP contribution in [0.4, 0.5) is 0 Å². The Morgan fingerprint density at radius 3 is 2.35 bits per heavy atom. The minimum absolute atomic E-state index is 0.149. The topological polar surface area (TPSA) is 63.6 Å². The Morgan fingerprint density at radius 2 is 1.88 bits per heavy atom. The molecule has 0 aromatic carbocycles. The summed E-state index contributed by atoms with van der Waals surface area (Å²) >= 11 is 0. The molecule has 1 N–H and O–H groups in total. The highest BCUT2D eigenvalue weighted by Gasteiger charge is 2.34. The Morgan fingerprint density at radius 1 is 1.29 bits per heavy atom. The molecule has 0 unspecified atom stereocenters. The van der Waals surface area contributed by atoms with E-state index < -0.39 is 11.9 Å². The minimum atomic E-state index is -1.12. The number of hydrogen-bond acceptors (Lipinski definition) is 3. The van der Waals surface area contributed by atoms with Gasteiger partial charge in [0.05, 0.1) is 0 Å². The molecule has 17 heavy (non-hydrogen) atoms. The first-order valence-electron chi connectivity index (χ1n) is 6.14. The number of carbonyl (C=O) groups excluding carboxylic acids is 1. The molecule has 1 fully saturated rings. The summed E-state index contributed by atoms with van der Waals surface area (Å²) in [5, 5.41) is 8.58. The average Bonchev–Trinajstić information content (AvgIpc) is 2.29. The maximum atomic E-state index is 11.8. The van der Waals surface area contributed by atoms with Gasteiger partial charge in [0.2, 0.25) is 0 Å². The van der Waals surface area contributed by atoms with Crippen LogP contribution in [0.5, 0.6) is 0 Å². The van der Waals surface area contributed by atoms with Gasteiger partial charge < -0.3 is 9.84 Å². The van der Waals surface area contributed by atoms with Gasteiger partial charge in [0.25, 0.3) is 0 Å². The van der Waals surface area contributed by atoms with Crippen LogP contribution < -0.4 is 0 Å². The third-order valence-electron chi connectivity index (χ3n) is 3.38. The molecule has 0 aromatic heterocycles. The summed E-state index contributed by atoms with van der Waals surface area (Å²) in [6, 6.07) is 0. The van der Waals surface area contributed by atoms with Gasteiger partial charge in [-0.15, -0.1) is 0 Å². The molecule has 0 heterocycles. The molecular weight excluding hydrogens is 220 g/mol. The summed E-state index contributed by atoms with van der Waals surface area (Å²) in [6.45, 7) is 3.48. The fraction of sp³-hybridized carbons (Fsp3) is 0.692. The number of carboxylic acid groups (broad SMARTS) is 1. The van der Waals surface area contributed by atoms with Crippen LogP contribution >= 0.6 is 0 Å². The van der Waals surface area contributed by atoms with E-state index in [2.05, 4.69) is 0 Å². The van der Waals surface area contributed by atoms with Crippen molar-refractivity contribution in [1.29, 1.82) is 0 Å². The summed E-state index contributed by atoms with van der Waals surface area (Å²) in [4.78, 5) is 22.2. The fourth-order valence-electron chi connectivity index (χ4n) is 2.25. The zero-order valence-corrected chi connectivity index (χ0v) is 10.5.